The fourth-order valence-corrected chi connectivity index (χ4v) is 8.98. The Morgan fingerprint density at radius 2 is 1.00 bits per heavy atom. The minimum absolute atomic E-state index is 0.602. The molecule has 12 aromatic rings. The molecule has 0 saturated carbocycles. The van der Waals surface area contributed by atoms with Crippen molar-refractivity contribution in [2.24, 2.45) is 0 Å². The highest BCUT2D eigenvalue weighted by molar-refractivity contribution is 7.26. The van der Waals surface area contributed by atoms with E-state index in [4.69, 9.17) is 33.8 Å². The van der Waals surface area contributed by atoms with E-state index in [1.807, 2.05) is 103 Å². The van der Waals surface area contributed by atoms with Crippen LogP contribution in [-0.2, 0) is 0 Å². The second kappa shape index (κ2) is 12.5. The molecule has 0 radical (unpaired) electrons. The van der Waals surface area contributed by atoms with Crippen molar-refractivity contribution in [3.63, 3.8) is 0 Å². The molecule has 0 N–H and O–H groups in total. The molecule has 0 fully saturated rings. The number of thiophene rings is 1. The Balaban J connectivity index is 1.07. The van der Waals surface area contributed by atoms with Crippen molar-refractivity contribution < 1.29 is 8.83 Å². The topological polar surface area (TPSA) is 90.7 Å². The van der Waals surface area contributed by atoms with Crippen LogP contribution in [0.25, 0.3) is 121 Å². The third-order valence-corrected chi connectivity index (χ3v) is 11.7. The Hall–Kier alpha value is -7.55. The van der Waals surface area contributed by atoms with Gasteiger partial charge in [-0.2, -0.15) is 0 Å². The van der Waals surface area contributed by atoms with Gasteiger partial charge in [0.1, 0.15) is 28.0 Å². The molecule has 0 atom stereocenters. The zero-order valence-corrected chi connectivity index (χ0v) is 30.9. The number of furan rings is 2. The molecule has 0 aliphatic rings. The van der Waals surface area contributed by atoms with Crippen LogP contribution in [-0.4, -0.2) is 24.9 Å². The molecule has 266 valence electrons. The fraction of sp³-hybridized carbons (Fsp3) is 0. The summed E-state index contributed by atoms with van der Waals surface area (Å²) in [5, 5.41) is 5.23. The molecule has 57 heavy (non-hydrogen) atoms. The Morgan fingerprint density at radius 1 is 0.368 bits per heavy atom. The number of hydrogen-bond acceptors (Lipinski definition) is 8. The third kappa shape index (κ3) is 5.15. The van der Waals surface area contributed by atoms with E-state index in [2.05, 4.69) is 60.7 Å². The predicted molar refractivity (Wildman–Crippen MR) is 230 cm³/mol. The zero-order chi connectivity index (χ0) is 37.5. The Bertz CT molecular complexity index is 3480. The summed E-state index contributed by atoms with van der Waals surface area (Å²) < 4.78 is 15.1. The van der Waals surface area contributed by atoms with Crippen LogP contribution in [0.4, 0.5) is 0 Å². The summed E-state index contributed by atoms with van der Waals surface area (Å²) in [4.78, 5) is 25.6. The molecule has 5 aromatic heterocycles. The molecule has 7 aromatic carbocycles. The summed E-state index contributed by atoms with van der Waals surface area (Å²) in [6.07, 6.45) is 0. The number of benzene rings is 7. The average Bonchev–Trinajstić information content (AvgIpc) is 3.97. The van der Waals surface area contributed by atoms with E-state index in [0.29, 0.717) is 34.6 Å². The number of rotatable bonds is 5. The van der Waals surface area contributed by atoms with Gasteiger partial charge in [-0.1, -0.05) is 109 Å². The van der Waals surface area contributed by atoms with Gasteiger partial charge in [0.25, 0.3) is 0 Å². The van der Waals surface area contributed by atoms with Gasteiger partial charge in [-0.25, -0.2) is 24.9 Å². The summed E-state index contributed by atoms with van der Waals surface area (Å²) >= 11 is 1.75. The molecule has 5 heterocycles. The first-order chi connectivity index (χ1) is 28.2. The first kappa shape index (κ1) is 31.8. The van der Waals surface area contributed by atoms with Gasteiger partial charge < -0.3 is 8.83 Å². The second-order valence-corrected chi connectivity index (χ2v) is 15.1. The fourth-order valence-electron chi connectivity index (χ4n) is 7.87. The molecule has 0 aliphatic carbocycles. The van der Waals surface area contributed by atoms with Crippen LogP contribution < -0.4 is 0 Å². The maximum absolute atomic E-state index is 6.49. The molecule has 7 nitrogen and oxygen atoms in total. The summed E-state index contributed by atoms with van der Waals surface area (Å²) in [6, 6.07) is 55.3. The largest absolute Gasteiger partial charge is 0.456 e. The summed E-state index contributed by atoms with van der Waals surface area (Å²) in [6.45, 7) is 0. The highest BCUT2D eigenvalue weighted by atomic mass is 32.1. The summed E-state index contributed by atoms with van der Waals surface area (Å²) in [5.41, 5.74) is 9.07. The van der Waals surface area contributed by atoms with Gasteiger partial charge in [0, 0.05) is 64.1 Å². The Kier molecular flexibility index (Phi) is 6.96. The van der Waals surface area contributed by atoms with Crippen molar-refractivity contribution >= 4 is 75.5 Å². The van der Waals surface area contributed by atoms with Crippen LogP contribution in [0.5, 0.6) is 0 Å². The lowest BCUT2D eigenvalue weighted by atomic mass is 10.0. The number of fused-ring (bicyclic) bond motifs is 9. The zero-order valence-electron chi connectivity index (χ0n) is 30.0. The van der Waals surface area contributed by atoms with Gasteiger partial charge in [0.2, 0.25) is 0 Å². The molecule has 8 heteroatoms. The molecule has 0 amide bonds. The molecule has 0 spiro atoms. The van der Waals surface area contributed by atoms with Crippen molar-refractivity contribution in [3.8, 4) is 56.8 Å². The standard InChI is InChI=1S/C49H27N5O2S/c1-3-12-28(13-4-1)46-52-47(29-14-5-2-6-15-29)54-49(53-46)35-18-11-21-41-42(35)36-26-31(23-25-40(36)57-41)48-50-43(45-44(51-48)34-17-8-10-20-38(34)56-45)30-22-24-33-32-16-7-9-19-37(32)55-39(33)27-30/h1-27H. The lowest BCUT2D eigenvalue weighted by Gasteiger charge is -2.10. The van der Waals surface area contributed by atoms with Crippen molar-refractivity contribution in [1.82, 2.24) is 24.9 Å². The lowest BCUT2D eigenvalue weighted by molar-refractivity contribution is 0.666. The first-order valence-electron chi connectivity index (χ1n) is 18.7. The van der Waals surface area contributed by atoms with E-state index in [0.717, 1.165) is 86.4 Å². The highest BCUT2D eigenvalue weighted by Gasteiger charge is 2.21. The van der Waals surface area contributed by atoms with Gasteiger partial charge in [-0.15, -0.1) is 11.3 Å². The number of para-hydroxylation sites is 2. The van der Waals surface area contributed by atoms with E-state index >= 15 is 0 Å². The van der Waals surface area contributed by atoms with E-state index in [9.17, 15) is 0 Å². The minimum atomic E-state index is 0.602. The summed E-state index contributed by atoms with van der Waals surface area (Å²) in [7, 11) is 0. The van der Waals surface area contributed by atoms with Crippen molar-refractivity contribution in [3.05, 3.63) is 164 Å². The maximum atomic E-state index is 6.49. The van der Waals surface area contributed by atoms with Gasteiger partial charge in [0.05, 0.1) is 0 Å². The van der Waals surface area contributed by atoms with Crippen LogP contribution in [0.3, 0.4) is 0 Å². The quantitative estimate of drug-likeness (QED) is 0.173. The van der Waals surface area contributed by atoms with Crippen LogP contribution in [0, 0.1) is 0 Å². The summed E-state index contributed by atoms with van der Waals surface area (Å²) in [5.74, 6) is 2.47. The highest BCUT2D eigenvalue weighted by Crippen LogP contribution is 2.43. The van der Waals surface area contributed by atoms with Gasteiger partial charge in [0.15, 0.2) is 28.9 Å². The monoisotopic (exact) mass is 749 g/mol. The Morgan fingerprint density at radius 3 is 1.77 bits per heavy atom. The van der Waals surface area contributed by atoms with Gasteiger partial charge in [-0.3, -0.25) is 0 Å². The Labute approximate surface area is 328 Å². The SMILES string of the molecule is c1ccc(-c2nc(-c3ccccc3)nc(-c3cccc4sc5ccc(-c6nc(-c7ccc8c(c7)oc7ccccc78)c7oc8ccccc8c7n6)cc5c34)n2)cc1. The molecular formula is C49H27N5O2S. The van der Waals surface area contributed by atoms with E-state index in [-0.39, 0.29) is 0 Å². The number of hydrogen-bond donors (Lipinski definition) is 0. The number of aromatic nitrogens is 5. The molecule has 0 aliphatic heterocycles. The average molecular weight is 750 g/mol. The van der Waals surface area contributed by atoms with Gasteiger partial charge in [-0.05, 0) is 54.6 Å². The number of nitrogens with zero attached hydrogens (tertiary/aromatic N) is 5. The first-order valence-corrected chi connectivity index (χ1v) is 19.5. The third-order valence-electron chi connectivity index (χ3n) is 10.6. The molecular weight excluding hydrogens is 723 g/mol. The van der Waals surface area contributed by atoms with E-state index in [1.54, 1.807) is 11.3 Å². The van der Waals surface area contributed by atoms with E-state index in [1.165, 1.54) is 0 Å². The van der Waals surface area contributed by atoms with Crippen LogP contribution in [0.2, 0.25) is 0 Å². The van der Waals surface area contributed by atoms with Crippen LogP contribution in [0.1, 0.15) is 0 Å². The molecule has 0 saturated heterocycles. The second-order valence-electron chi connectivity index (χ2n) is 14.0. The maximum Gasteiger partial charge on any atom is 0.180 e. The van der Waals surface area contributed by atoms with Crippen molar-refractivity contribution in [2.75, 3.05) is 0 Å². The smallest absolute Gasteiger partial charge is 0.180 e. The van der Waals surface area contributed by atoms with Crippen molar-refractivity contribution in [1.29, 1.82) is 0 Å². The molecule has 12 rings (SSSR count). The lowest BCUT2D eigenvalue weighted by Crippen LogP contribution is -2.00. The molecule has 0 unspecified atom stereocenters. The normalized spacial score (nSPS) is 11.9. The van der Waals surface area contributed by atoms with Gasteiger partial charge >= 0.3 is 0 Å². The molecule has 0 bridgehead atoms. The predicted octanol–water partition coefficient (Wildman–Crippen LogP) is 13.2. The van der Waals surface area contributed by atoms with Crippen LogP contribution in [0.15, 0.2) is 173 Å². The van der Waals surface area contributed by atoms with Crippen molar-refractivity contribution in [2.45, 2.75) is 0 Å². The minimum Gasteiger partial charge on any atom is -0.456 e. The van der Waals surface area contributed by atoms with Crippen LogP contribution >= 0.6 is 11.3 Å². The van der Waals surface area contributed by atoms with E-state index < -0.39 is 0 Å².